The maximum Gasteiger partial charge on any atom is 0.0719 e. The highest BCUT2D eigenvalue weighted by atomic mass is 35.5. The van der Waals surface area contributed by atoms with Gasteiger partial charge in [0.25, 0.3) is 0 Å². The number of rotatable bonds is 0. The average molecular weight is 204 g/mol. The summed E-state index contributed by atoms with van der Waals surface area (Å²) < 4.78 is 0. The molecule has 0 aliphatic heterocycles. The van der Waals surface area contributed by atoms with E-state index in [9.17, 15) is 0 Å². The molecule has 14 heavy (non-hydrogen) atoms. The topological polar surface area (TPSA) is 12.9 Å². The van der Waals surface area contributed by atoms with Crippen LogP contribution in [-0.4, -0.2) is 4.98 Å². The maximum atomic E-state index is 5.93. The van der Waals surface area contributed by atoms with Gasteiger partial charge in [-0.15, -0.1) is 0 Å². The van der Waals surface area contributed by atoms with Gasteiger partial charge in [0.15, 0.2) is 0 Å². The molecule has 0 saturated heterocycles. The lowest BCUT2D eigenvalue weighted by Crippen LogP contribution is -1.88. The number of benzene rings is 1. The van der Waals surface area contributed by atoms with Crippen LogP contribution in [0.25, 0.3) is 10.9 Å². The summed E-state index contributed by atoms with van der Waals surface area (Å²) in [6.45, 7) is 0. The van der Waals surface area contributed by atoms with Crippen LogP contribution in [-0.2, 0) is 12.8 Å². The van der Waals surface area contributed by atoms with E-state index in [1.54, 1.807) is 0 Å². The van der Waals surface area contributed by atoms with Gasteiger partial charge in [-0.25, -0.2) is 0 Å². The highest BCUT2D eigenvalue weighted by molar-refractivity contribution is 6.31. The molecule has 0 saturated carbocycles. The van der Waals surface area contributed by atoms with E-state index >= 15 is 0 Å². The van der Waals surface area contributed by atoms with Gasteiger partial charge in [0.1, 0.15) is 0 Å². The predicted molar refractivity (Wildman–Crippen MR) is 58.8 cm³/mol. The van der Waals surface area contributed by atoms with E-state index in [-0.39, 0.29) is 0 Å². The molecule has 2 aromatic rings. The number of hydrogen-bond acceptors (Lipinski definition) is 1. The highest BCUT2D eigenvalue weighted by Crippen LogP contribution is 2.29. The van der Waals surface area contributed by atoms with E-state index in [1.807, 2.05) is 18.3 Å². The SMILES string of the molecule is Clc1ccc2c3c(cnc2c1)CCC3. The Morgan fingerprint density at radius 1 is 1.21 bits per heavy atom. The van der Waals surface area contributed by atoms with Crippen molar-refractivity contribution in [2.75, 3.05) is 0 Å². The first kappa shape index (κ1) is 8.25. The summed E-state index contributed by atoms with van der Waals surface area (Å²) >= 11 is 5.93. The number of halogens is 1. The van der Waals surface area contributed by atoms with Crippen molar-refractivity contribution in [1.29, 1.82) is 0 Å². The van der Waals surface area contributed by atoms with Crippen LogP contribution in [0.2, 0.25) is 5.02 Å². The Kier molecular flexibility index (Phi) is 1.74. The van der Waals surface area contributed by atoms with Gasteiger partial charge in [0.2, 0.25) is 0 Å². The summed E-state index contributed by atoms with van der Waals surface area (Å²) in [5.41, 5.74) is 3.92. The second-order valence-electron chi connectivity index (χ2n) is 3.78. The van der Waals surface area contributed by atoms with Crippen molar-refractivity contribution in [1.82, 2.24) is 4.98 Å². The van der Waals surface area contributed by atoms with Crippen molar-refractivity contribution in [2.45, 2.75) is 19.3 Å². The van der Waals surface area contributed by atoms with Gasteiger partial charge in [-0.3, -0.25) is 4.98 Å². The lowest BCUT2D eigenvalue weighted by atomic mass is 10.1. The number of hydrogen-bond donors (Lipinski definition) is 0. The molecule has 0 N–H and O–H groups in total. The van der Waals surface area contributed by atoms with Gasteiger partial charge in [0, 0.05) is 16.6 Å². The Hall–Kier alpha value is -1.08. The fourth-order valence-electron chi connectivity index (χ4n) is 2.23. The van der Waals surface area contributed by atoms with Crippen LogP contribution < -0.4 is 0 Å². The monoisotopic (exact) mass is 203 g/mol. The van der Waals surface area contributed by atoms with E-state index in [4.69, 9.17) is 11.6 Å². The maximum absolute atomic E-state index is 5.93. The fraction of sp³-hybridized carbons (Fsp3) is 0.250. The minimum Gasteiger partial charge on any atom is -0.256 e. The Balaban J connectivity index is 2.39. The van der Waals surface area contributed by atoms with Crippen molar-refractivity contribution in [3.63, 3.8) is 0 Å². The Morgan fingerprint density at radius 3 is 3.07 bits per heavy atom. The summed E-state index contributed by atoms with van der Waals surface area (Å²) in [4.78, 5) is 4.43. The summed E-state index contributed by atoms with van der Waals surface area (Å²) in [7, 11) is 0. The number of pyridine rings is 1. The van der Waals surface area contributed by atoms with E-state index in [0.717, 1.165) is 10.5 Å². The molecule has 2 heteroatoms. The summed E-state index contributed by atoms with van der Waals surface area (Å²) in [5.74, 6) is 0. The molecule has 0 spiro atoms. The molecular formula is C12H10ClN. The normalized spacial score (nSPS) is 14.6. The first-order chi connectivity index (χ1) is 6.84. The van der Waals surface area contributed by atoms with Crippen LogP contribution >= 0.6 is 11.6 Å². The molecule has 70 valence electrons. The second kappa shape index (κ2) is 2.96. The fourth-order valence-corrected chi connectivity index (χ4v) is 2.40. The molecule has 1 aromatic heterocycles. The van der Waals surface area contributed by atoms with Gasteiger partial charge in [-0.05, 0) is 42.5 Å². The molecule has 1 aromatic carbocycles. The van der Waals surface area contributed by atoms with Crippen LogP contribution in [0.3, 0.4) is 0 Å². The molecule has 1 heterocycles. The minimum absolute atomic E-state index is 0.767. The standard InChI is InChI=1S/C12H10ClN/c13-9-4-5-11-10-3-1-2-8(10)7-14-12(11)6-9/h4-7H,1-3H2. The minimum atomic E-state index is 0.767. The zero-order valence-corrected chi connectivity index (χ0v) is 8.51. The van der Waals surface area contributed by atoms with Crippen LogP contribution in [0, 0.1) is 0 Å². The highest BCUT2D eigenvalue weighted by Gasteiger charge is 2.14. The molecule has 1 aliphatic carbocycles. The number of nitrogens with zero attached hydrogens (tertiary/aromatic N) is 1. The molecule has 0 unspecified atom stereocenters. The molecule has 0 radical (unpaired) electrons. The number of fused-ring (bicyclic) bond motifs is 3. The molecule has 0 fully saturated rings. The van der Waals surface area contributed by atoms with Crippen LogP contribution in [0.15, 0.2) is 24.4 Å². The largest absolute Gasteiger partial charge is 0.256 e. The average Bonchev–Trinajstić information content (AvgIpc) is 2.65. The van der Waals surface area contributed by atoms with Crippen molar-refractivity contribution in [3.8, 4) is 0 Å². The summed E-state index contributed by atoms with van der Waals surface area (Å²) in [6, 6.07) is 5.98. The van der Waals surface area contributed by atoms with Gasteiger partial charge < -0.3 is 0 Å². The lowest BCUT2D eigenvalue weighted by molar-refractivity contribution is 0.912. The predicted octanol–water partition coefficient (Wildman–Crippen LogP) is 3.38. The van der Waals surface area contributed by atoms with Gasteiger partial charge in [-0.2, -0.15) is 0 Å². The van der Waals surface area contributed by atoms with E-state index in [1.165, 1.54) is 35.8 Å². The smallest absolute Gasteiger partial charge is 0.0719 e. The third-order valence-corrected chi connectivity index (χ3v) is 3.14. The first-order valence-electron chi connectivity index (χ1n) is 4.90. The van der Waals surface area contributed by atoms with E-state index in [0.29, 0.717) is 0 Å². The molecule has 0 atom stereocenters. The van der Waals surface area contributed by atoms with Crippen molar-refractivity contribution >= 4 is 22.5 Å². The molecule has 1 aliphatic rings. The summed E-state index contributed by atoms with van der Waals surface area (Å²) in [5, 5.41) is 2.05. The summed E-state index contributed by atoms with van der Waals surface area (Å²) in [6.07, 6.45) is 5.64. The molecule has 1 nitrogen and oxygen atoms in total. The zero-order chi connectivity index (χ0) is 9.54. The van der Waals surface area contributed by atoms with Crippen LogP contribution in [0.4, 0.5) is 0 Å². The van der Waals surface area contributed by atoms with E-state index < -0.39 is 0 Å². The van der Waals surface area contributed by atoms with Gasteiger partial charge in [0.05, 0.1) is 5.52 Å². The van der Waals surface area contributed by atoms with Crippen LogP contribution in [0.5, 0.6) is 0 Å². The second-order valence-corrected chi connectivity index (χ2v) is 4.21. The van der Waals surface area contributed by atoms with Crippen molar-refractivity contribution < 1.29 is 0 Å². The number of aryl methyl sites for hydroxylation is 2. The van der Waals surface area contributed by atoms with Crippen LogP contribution in [0.1, 0.15) is 17.5 Å². The van der Waals surface area contributed by atoms with Crippen molar-refractivity contribution in [2.24, 2.45) is 0 Å². The molecule has 0 amide bonds. The number of aromatic nitrogens is 1. The van der Waals surface area contributed by atoms with Gasteiger partial charge in [-0.1, -0.05) is 17.7 Å². The third kappa shape index (κ3) is 1.12. The first-order valence-corrected chi connectivity index (χ1v) is 5.28. The lowest BCUT2D eigenvalue weighted by Gasteiger charge is -2.04. The third-order valence-electron chi connectivity index (χ3n) is 2.90. The van der Waals surface area contributed by atoms with Crippen molar-refractivity contribution in [3.05, 3.63) is 40.5 Å². The molecule has 3 rings (SSSR count). The zero-order valence-electron chi connectivity index (χ0n) is 7.76. The Bertz CT molecular complexity index is 505. The van der Waals surface area contributed by atoms with Gasteiger partial charge >= 0.3 is 0 Å². The quantitative estimate of drug-likeness (QED) is 0.640. The Labute approximate surface area is 87.7 Å². The van der Waals surface area contributed by atoms with E-state index in [2.05, 4.69) is 11.1 Å². The molecule has 0 bridgehead atoms. The Morgan fingerprint density at radius 2 is 2.14 bits per heavy atom. The molecular weight excluding hydrogens is 194 g/mol.